The van der Waals surface area contributed by atoms with E-state index >= 15 is 0 Å². The minimum absolute atomic E-state index is 0.00227. The summed E-state index contributed by atoms with van der Waals surface area (Å²) in [6.45, 7) is 13.5. The minimum Gasteiger partial charge on any atom is -0.469 e. The normalized spacial score (nSPS) is 41.7. The molecule has 0 bridgehead atoms. The summed E-state index contributed by atoms with van der Waals surface area (Å²) in [5.41, 5.74) is 3.69. The molecule has 274 valence electrons. The average molecular weight is 695 g/mol. The molecule has 0 aliphatic heterocycles. The Morgan fingerprint density at radius 2 is 1.41 bits per heavy atom. The number of benzene rings is 2. The number of esters is 2. The smallest absolute Gasteiger partial charge is 0.313 e. The molecule has 5 aliphatic rings. The number of rotatable bonds is 6. The number of hydrogen-bond donors (Lipinski definition) is 2. The van der Waals surface area contributed by atoms with Crippen molar-refractivity contribution in [3.05, 3.63) is 83.4 Å². The summed E-state index contributed by atoms with van der Waals surface area (Å²) in [5.74, 6) is 5.67. The highest BCUT2D eigenvalue weighted by Gasteiger charge is 2.72. The van der Waals surface area contributed by atoms with E-state index < -0.39 is 16.9 Å². The van der Waals surface area contributed by atoms with Gasteiger partial charge in [0.1, 0.15) is 0 Å². The standard InChI is InChI=1S/C44H58N2O5/c1-39-22-23-40(2,37(48)51-35(28-14-10-8-11-15-28)29-16-12-9-13-17-29)27-31(39)30-26-32(47)36-41(3)20-19-34(46-45)44(6,38(49)50-7)33(41)18-21-43(36,5)42(30,4)25-24-39/h8-17,26,31,33-36,46H,18-25,27,45H2,1-7H3/t31-,33+,34-,36+,39+,40-,41-,42+,43+,44-/m0/s1. The molecule has 0 spiro atoms. The van der Waals surface area contributed by atoms with Crippen molar-refractivity contribution in [2.24, 2.45) is 56.1 Å². The maximum Gasteiger partial charge on any atom is 0.313 e. The highest BCUT2D eigenvalue weighted by molar-refractivity contribution is 5.96. The van der Waals surface area contributed by atoms with E-state index in [0.717, 1.165) is 56.1 Å². The highest BCUT2D eigenvalue weighted by atomic mass is 16.5. The fourth-order valence-corrected chi connectivity index (χ4v) is 12.7. The van der Waals surface area contributed by atoms with Gasteiger partial charge in [0.15, 0.2) is 11.9 Å². The Balaban J connectivity index is 1.23. The van der Waals surface area contributed by atoms with Crippen molar-refractivity contribution in [2.45, 2.75) is 111 Å². The summed E-state index contributed by atoms with van der Waals surface area (Å²) in [4.78, 5) is 42.9. The van der Waals surface area contributed by atoms with Gasteiger partial charge in [0.25, 0.3) is 0 Å². The first kappa shape index (κ1) is 36.1. The van der Waals surface area contributed by atoms with E-state index in [9.17, 15) is 14.4 Å². The van der Waals surface area contributed by atoms with Crippen LogP contribution in [0.15, 0.2) is 72.3 Å². The molecule has 0 radical (unpaired) electrons. The first-order valence-electron chi connectivity index (χ1n) is 19.2. The van der Waals surface area contributed by atoms with Crippen molar-refractivity contribution >= 4 is 17.7 Å². The minimum atomic E-state index is -0.836. The fraction of sp³-hybridized carbons (Fsp3) is 0.614. The molecule has 0 unspecified atom stereocenters. The SMILES string of the molecule is COC(=O)[C@]1(C)[C@@H](NN)CC[C@@]2(C)[C@H]1CC[C@]1(C)[C@@H]2C(=O)C=C2[C@@H]3C[C@@](C)(C(=O)OC(c4ccccc4)c4ccccc4)CC[C@]3(C)CC[C@]21C. The molecule has 5 aliphatic carbocycles. The second-order valence-corrected chi connectivity index (χ2v) is 18.4. The molecule has 51 heavy (non-hydrogen) atoms. The van der Waals surface area contributed by atoms with Crippen LogP contribution in [0, 0.1) is 50.2 Å². The van der Waals surface area contributed by atoms with Crippen LogP contribution in [0.3, 0.4) is 0 Å². The van der Waals surface area contributed by atoms with Crippen LogP contribution in [-0.2, 0) is 23.9 Å². The van der Waals surface area contributed by atoms with Crippen molar-refractivity contribution in [2.75, 3.05) is 7.11 Å². The molecule has 2 aromatic carbocycles. The Hall–Kier alpha value is -3.29. The van der Waals surface area contributed by atoms with Crippen LogP contribution in [0.4, 0.5) is 0 Å². The second-order valence-electron chi connectivity index (χ2n) is 18.4. The Kier molecular flexibility index (Phi) is 8.77. The summed E-state index contributed by atoms with van der Waals surface area (Å²) < 4.78 is 12.0. The molecule has 4 saturated carbocycles. The molecular weight excluding hydrogens is 636 g/mol. The predicted molar refractivity (Wildman–Crippen MR) is 198 cm³/mol. The molecule has 0 aromatic heterocycles. The zero-order valence-corrected chi connectivity index (χ0v) is 31.7. The van der Waals surface area contributed by atoms with Gasteiger partial charge >= 0.3 is 11.9 Å². The van der Waals surface area contributed by atoms with Crippen LogP contribution in [0.1, 0.15) is 117 Å². The number of fused-ring (bicyclic) bond motifs is 7. The van der Waals surface area contributed by atoms with Gasteiger partial charge in [0.2, 0.25) is 0 Å². The number of carbonyl (C=O) groups excluding carboxylic acids is 3. The summed E-state index contributed by atoms with van der Waals surface area (Å²) >= 11 is 0. The molecule has 4 fully saturated rings. The van der Waals surface area contributed by atoms with Crippen molar-refractivity contribution in [3.8, 4) is 0 Å². The van der Waals surface area contributed by atoms with Gasteiger partial charge in [-0.25, -0.2) is 0 Å². The molecule has 0 heterocycles. The summed E-state index contributed by atoms with van der Waals surface area (Å²) in [5, 5.41) is 0. The number of hydrazine groups is 1. The third kappa shape index (κ3) is 5.15. The fourth-order valence-electron chi connectivity index (χ4n) is 12.7. The number of nitrogens with one attached hydrogen (secondary N) is 1. The zero-order chi connectivity index (χ0) is 36.6. The van der Waals surface area contributed by atoms with Gasteiger partial charge in [-0.05, 0) is 122 Å². The molecule has 10 atom stereocenters. The van der Waals surface area contributed by atoms with E-state index in [-0.39, 0.29) is 63.2 Å². The third-order valence-electron chi connectivity index (χ3n) is 16.0. The zero-order valence-electron chi connectivity index (χ0n) is 31.7. The lowest BCUT2D eigenvalue weighted by Gasteiger charge is -2.70. The lowest BCUT2D eigenvalue weighted by Crippen LogP contribution is -2.69. The van der Waals surface area contributed by atoms with E-state index in [2.05, 4.69) is 40.0 Å². The lowest BCUT2D eigenvalue weighted by atomic mass is 9.33. The second kappa shape index (κ2) is 12.4. The molecule has 7 heteroatoms. The van der Waals surface area contributed by atoms with Crippen LogP contribution in [0.5, 0.6) is 0 Å². The van der Waals surface area contributed by atoms with E-state index in [4.69, 9.17) is 15.3 Å². The molecular formula is C44H58N2O5. The van der Waals surface area contributed by atoms with Crippen molar-refractivity contribution in [3.63, 3.8) is 0 Å². The van der Waals surface area contributed by atoms with Crippen LogP contribution in [0.25, 0.3) is 0 Å². The monoisotopic (exact) mass is 694 g/mol. The quantitative estimate of drug-likeness (QED) is 0.178. The number of ketones is 1. The van der Waals surface area contributed by atoms with E-state index in [1.54, 1.807) is 0 Å². The molecule has 0 amide bonds. The summed E-state index contributed by atoms with van der Waals surface area (Å²) in [6.07, 6.45) is 9.14. The Labute approximate surface area is 304 Å². The maximum absolute atomic E-state index is 14.9. The topological polar surface area (TPSA) is 108 Å². The Morgan fingerprint density at radius 1 is 0.804 bits per heavy atom. The first-order valence-corrected chi connectivity index (χ1v) is 19.2. The van der Waals surface area contributed by atoms with Gasteiger partial charge in [-0.3, -0.25) is 25.7 Å². The van der Waals surface area contributed by atoms with Crippen LogP contribution in [0.2, 0.25) is 0 Å². The van der Waals surface area contributed by atoms with Crippen LogP contribution in [-0.4, -0.2) is 30.9 Å². The van der Waals surface area contributed by atoms with E-state index in [1.165, 1.54) is 12.7 Å². The van der Waals surface area contributed by atoms with Crippen molar-refractivity contribution in [1.82, 2.24) is 5.43 Å². The Bertz CT molecular complexity index is 1690. The van der Waals surface area contributed by atoms with Crippen LogP contribution >= 0.6 is 0 Å². The molecule has 2 aromatic rings. The van der Waals surface area contributed by atoms with Gasteiger partial charge in [-0.15, -0.1) is 0 Å². The number of carbonyl (C=O) groups is 3. The van der Waals surface area contributed by atoms with Crippen molar-refractivity contribution in [1.29, 1.82) is 0 Å². The number of ether oxygens (including phenoxy) is 2. The number of nitrogens with two attached hydrogens (primary N) is 1. The Morgan fingerprint density at radius 3 is 2.00 bits per heavy atom. The van der Waals surface area contributed by atoms with Gasteiger partial charge in [0, 0.05) is 12.0 Å². The lowest BCUT2D eigenvalue weighted by molar-refractivity contribution is -0.203. The van der Waals surface area contributed by atoms with Gasteiger partial charge < -0.3 is 9.47 Å². The molecule has 3 N–H and O–H groups in total. The molecule has 7 rings (SSSR count). The number of hydrogen-bond acceptors (Lipinski definition) is 7. The summed E-state index contributed by atoms with van der Waals surface area (Å²) in [7, 11) is 1.46. The highest BCUT2D eigenvalue weighted by Crippen LogP contribution is 2.75. The van der Waals surface area contributed by atoms with Gasteiger partial charge in [0.05, 0.1) is 17.9 Å². The molecule has 7 nitrogen and oxygen atoms in total. The van der Waals surface area contributed by atoms with Crippen LogP contribution < -0.4 is 11.3 Å². The largest absolute Gasteiger partial charge is 0.469 e. The molecule has 0 saturated heterocycles. The third-order valence-corrected chi connectivity index (χ3v) is 16.0. The van der Waals surface area contributed by atoms with Gasteiger partial charge in [-0.1, -0.05) is 93.9 Å². The van der Waals surface area contributed by atoms with E-state index in [1.807, 2.05) is 73.7 Å². The van der Waals surface area contributed by atoms with E-state index in [0.29, 0.717) is 12.8 Å². The summed E-state index contributed by atoms with van der Waals surface area (Å²) in [6, 6.07) is 19.8. The van der Waals surface area contributed by atoms with Crippen molar-refractivity contribution < 1.29 is 23.9 Å². The number of methoxy groups -OCH3 is 1. The van der Waals surface area contributed by atoms with Gasteiger partial charge in [-0.2, -0.15) is 0 Å². The number of allylic oxidation sites excluding steroid dienone is 2. The first-order chi connectivity index (χ1) is 24.1. The predicted octanol–water partition coefficient (Wildman–Crippen LogP) is 8.28. The average Bonchev–Trinajstić information content (AvgIpc) is 3.12. The maximum atomic E-state index is 14.9.